The van der Waals surface area contributed by atoms with Crippen LogP contribution in [0.1, 0.15) is 58.5 Å². The van der Waals surface area contributed by atoms with E-state index in [0.29, 0.717) is 45.4 Å². The predicted octanol–water partition coefficient (Wildman–Crippen LogP) is 6.43. The summed E-state index contributed by atoms with van der Waals surface area (Å²) in [5.41, 5.74) is 1.95. The molecule has 268 valence electrons. The number of hydrogen-bond donors (Lipinski definition) is 1. The van der Waals surface area contributed by atoms with Crippen LogP contribution in [0.15, 0.2) is 85.2 Å². The minimum atomic E-state index is -1.09. The van der Waals surface area contributed by atoms with Gasteiger partial charge < -0.3 is 24.2 Å². The molecule has 0 amide bonds. The second kappa shape index (κ2) is 15.9. The lowest BCUT2D eigenvalue weighted by atomic mass is 9.85. The highest BCUT2D eigenvalue weighted by Gasteiger charge is 2.42. The van der Waals surface area contributed by atoms with Crippen molar-refractivity contribution in [2.75, 3.05) is 33.9 Å². The number of piperidine rings is 3. The summed E-state index contributed by atoms with van der Waals surface area (Å²) in [7, 11) is 3.05. The summed E-state index contributed by atoms with van der Waals surface area (Å²) in [6.07, 6.45) is 3.63. The summed E-state index contributed by atoms with van der Waals surface area (Å²) in [4.78, 5) is 29.8. The van der Waals surface area contributed by atoms with Crippen LogP contribution in [0, 0.1) is 11.1 Å². The van der Waals surface area contributed by atoms with Crippen molar-refractivity contribution in [3.8, 4) is 11.5 Å². The lowest BCUT2D eigenvalue weighted by Crippen LogP contribution is -2.55. The third-order valence-corrected chi connectivity index (χ3v) is 10.6. The average Bonchev–Trinajstić information content (AvgIpc) is 3.15. The molecule has 0 radical (unpaired) electrons. The van der Waals surface area contributed by atoms with Gasteiger partial charge in [0.2, 0.25) is 0 Å². The molecule has 3 saturated heterocycles. The van der Waals surface area contributed by atoms with E-state index in [-0.39, 0.29) is 28.5 Å². The maximum absolute atomic E-state index is 13.8. The Labute approximate surface area is 307 Å². The van der Waals surface area contributed by atoms with Crippen LogP contribution < -0.4 is 19.5 Å². The van der Waals surface area contributed by atoms with Crippen LogP contribution in [-0.4, -0.2) is 56.8 Å². The molecule has 0 spiro atoms. The van der Waals surface area contributed by atoms with Gasteiger partial charge in [0.15, 0.2) is 23.9 Å². The van der Waals surface area contributed by atoms with E-state index >= 15 is 0 Å². The second-order valence-corrected chi connectivity index (χ2v) is 13.9. The lowest BCUT2D eigenvalue weighted by molar-refractivity contribution is -0.605. The van der Waals surface area contributed by atoms with Gasteiger partial charge in [-0.1, -0.05) is 71.7 Å². The zero-order chi connectivity index (χ0) is 36.1. The maximum atomic E-state index is 13.8. The molecule has 3 atom stereocenters. The highest BCUT2D eigenvalue weighted by atomic mass is 35.5. The Hall–Kier alpha value is -4.35. The van der Waals surface area contributed by atoms with E-state index in [2.05, 4.69) is 10.2 Å². The standard InChI is InChI=1S/C39H41Cl2N3O7/c1-39(29-7-5-4-6-8-29,38(46)51-36-24-43-17-15-26(36)16-18-43)42-21-25-9-11-27(12-10-25)37(45)50-34(20-30-31(40)22-44(47)23-32(30)41)28-13-14-33(48-2)35(19-28)49-3/h4-14,19,22-23,26,34,36,42H,15-18,20-21,24H2,1-3H3/t34-,36-,39?/m0/s1. The minimum absolute atomic E-state index is 0.0928. The zero-order valence-electron chi connectivity index (χ0n) is 28.8. The molecule has 10 nitrogen and oxygen atoms in total. The van der Waals surface area contributed by atoms with Crippen LogP contribution in [0.3, 0.4) is 0 Å². The van der Waals surface area contributed by atoms with E-state index in [1.165, 1.54) is 26.6 Å². The molecular formula is C39H41Cl2N3O7. The minimum Gasteiger partial charge on any atom is -0.619 e. The molecule has 3 aliphatic rings. The Balaban J connectivity index is 1.18. The van der Waals surface area contributed by atoms with Gasteiger partial charge in [-0.15, -0.1) is 0 Å². The van der Waals surface area contributed by atoms with Crippen molar-refractivity contribution in [2.24, 2.45) is 5.92 Å². The number of carbonyl (C=O) groups excluding carboxylic acids is 2. The van der Waals surface area contributed by atoms with Crippen molar-refractivity contribution >= 4 is 35.1 Å². The number of fused-ring (bicyclic) bond motifs is 3. The number of esters is 2. The highest BCUT2D eigenvalue weighted by molar-refractivity contribution is 6.35. The van der Waals surface area contributed by atoms with Gasteiger partial charge >= 0.3 is 11.9 Å². The number of halogens is 2. The van der Waals surface area contributed by atoms with Gasteiger partial charge in [0.05, 0.1) is 19.8 Å². The summed E-state index contributed by atoms with van der Waals surface area (Å²) in [6, 6.07) is 21.8. The van der Waals surface area contributed by atoms with Crippen molar-refractivity contribution < 1.29 is 33.3 Å². The number of rotatable bonds is 13. The first-order chi connectivity index (χ1) is 24.6. The number of benzene rings is 3. The highest BCUT2D eigenvalue weighted by Crippen LogP contribution is 2.36. The number of pyridine rings is 1. The Morgan fingerprint density at radius 2 is 1.63 bits per heavy atom. The third kappa shape index (κ3) is 8.25. The molecular weight excluding hydrogens is 693 g/mol. The first kappa shape index (κ1) is 36.4. The van der Waals surface area contributed by atoms with Gasteiger partial charge in [0.1, 0.15) is 27.8 Å². The topological polar surface area (TPSA) is 113 Å². The van der Waals surface area contributed by atoms with Gasteiger partial charge in [0.25, 0.3) is 0 Å². The largest absolute Gasteiger partial charge is 0.619 e. The monoisotopic (exact) mass is 733 g/mol. The fourth-order valence-corrected chi connectivity index (χ4v) is 7.39. The zero-order valence-corrected chi connectivity index (χ0v) is 30.3. The van der Waals surface area contributed by atoms with E-state index in [0.717, 1.165) is 43.6 Å². The first-order valence-corrected chi connectivity index (χ1v) is 17.7. The molecule has 3 aromatic carbocycles. The normalized spacial score (nSPS) is 19.8. The van der Waals surface area contributed by atoms with Crippen LogP contribution >= 0.6 is 23.2 Å². The van der Waals surface area contributed by atoms with Gasteiger partial charge in [0, 0.05) is 25.1 Å². The molecule has 3 fully saturated rings. The van der Waals surface area contributed by atoms with Gasteiger partial charge in [-0.05, 0) is 79.7 Å². The lowest BCUT2D eigenvalue weighted by Gasteiger charge is -2.45. The summed E-state index contributed by atoms with van der Waals surface area (Å²) < 4.78 is 23.6. The molecule has 7 rings (SSSR count). The summed E-state index contributed by atoms with van der Waals surface area (Å²) in [6.45, 7) is 5.09. The van der Waals surface area contributed by atoms with Crippen LogP contribution in [0.2, 0.25) is 10.0 Å². The van der Waals surface area contributed by atoms with E-state index < -0.39 is 17.6 Å². The van der Waals surface area contributed by atoms with Crippen LogP contribution in [0.5, 0.6) is 11.5 Å². The number of carbonyl (C=O) groups is 2. The number of nitrogens with one attached hydrogen (secondary N) is 1. The van der Waals surface area contributed by atoms with Crippen LogP contribution in [0.25, 0.3) is 0 Å². The summed E-state index contributed by atoms with van der Waals surface area (Å²) in [5.74, 6) is 0.466. The molecule has 1 unspecified atom stereocenters. The van der Waals surface area contributed by atoms with Gasteiger partial charge in [-0.25, -0.2) is 9.59 Å². The van der Waals surface area contributed by atoms with E-state index in [9.17, 15) is 14.8 Å². The molecule has 51 heavy (non-hydrogen) atoms. The molecule has 3 aliphatic heterocycles. The average molecular weight is 735 g/mol. The van der Waals surface area contributed by atoms with Crippen LogP contribution in [-0.2, 0) is 32.8 Å². The number of methoxy groups -OCH3 is 2. The Kier molecular flexibility index (Phi) is 11.4. The van der Waals surface area contributed by atoms with E-state index in [1.807, 2.05) is 49.4 Å². The van der Waals surface area contributed by atoms with Crippen molar-refractivity contribution in [2.45, 2.75) is 50.5 Å². The maximum Gasteiger partial charge on any atom is 0.338 e. The first-order valence-electron chi connectivity index (χ1n) is 16.9. The number of aromatic nitrogens is 1. The molecule has 1 aromatic heterocycles. The Morgan fingerprint density at radius 3 is 2.24 bits per heavy atom. The molecule has 4 heterocycles. The SMILES string of the molecule is COc1ccc([C@H](Cc2c(Cl)c[n+]([O-])cc2Cl)OC(=O)c2ccc(CNC(C)(C(=O)O[C@H]3CN4CCC3CC4)c3ccccc3)cc2)cc1OC. The molecule has 4 aromatic rings. The smallest absolute Gasteiger partial charge is 0.338 e. The fourth-order valence-electron chi connectivity index (χ4n) is 6.79. The van der Waals surface area contributed by atoms with Gasteiger partial charge in [-0.2, -0.15) is 4.73 Å². The number of hydrogen-bond acceptors (Lipinski definition) is 9. The molecule has 12 heteroatoms. The molecule has 0 aliphatic carbocycles. The van der Waals surface area contributed by atoms with E-state index in [1.54, 1.807) is 30.3 Å². The van der Waals surface area contributed by atoms with Crippen molar-refractivity contribution in [1.82, 2.24) is 10.2 Å². The predicted molar refractivity (Wildman–Crippen MR) is 193 cm³/mol. The van der Waals surface area contributed by atoms with Crippen molar-refractivity contribution in [1.29, 1.82) is 0 Å². The third-order valence-electron chi connectivity index (χ3n) is 9.93. The Bertz CT molecular complexity index is 1830. The summed E-state index contributed by atoms with van der Waals surface area (Å²) >= 11 is 12.8. The van der Waals surface area contributed by atoms with Crippen molar-refractivity contribution in [3.05, 3.63) is 128 Å². The second-order valence-electron chi connectivity index (χ2n) is 13.1. The van der Waals surface area contributed by atoms with Crippen molar-refractivity contribution in [3.63, 3.8) is 0 Å². The number of nitrogens with zero attached hydrogens (tertiary/aromatic N) is 2. The summed E-state index contributed by atoms with van der Waals surface area (Å²) in [5, 5.41) is 15.6. The Morgan fingerprint density at radius 1 is 0.961 bits per heavy atom. The molecule has 0 saturated carbocycles. The fraction of sp³-hybridized carbons (Fsp3) is 0.359. The molecule has 1 N–H and O–H groups in total. The molecule has 2 bridgehead atoms. The number of ether oxygens (including phenoxy) is 4. The van der Waals surface area contributed by atoms with Crippen LogP contribution in [0.4, 0.5) is 0 Å². The van der Waals surface area contributed by atoms with Gasteiger partial charge in [-0.3, -0.25) is 10.2 Å². The quantitative estimate of drug-likeness (QED) is 0.0944. The van der Waals surface area contributed by atoms with E-state index in [4.69, 9.17) is 42.1 Å².